The summed E-state index contributed by atoms with van der Waals surface area (Å²) in [5.41, 5.74) is 7.67. The van der Waals surface area contributed by atoms with Crippen LogP contribution in [-0.2, 0) is 33.1 Å². The Balaban J connectivity index is 0.000000193. The van der Waals surface area contributed by atoms with Gasteiger partial charge in [-0.05, 0) is 53.8 Å². The van der Waals surface area contributed by atoms with Crippen LogP contribution in [0.1, 0.15) is 16.7 Å². The summed E-state index contributed by atoms with van der Waals surface area (Å²) in [4.78, 5) is 12.4. The Morgan fingerprint density at radius 1 is 1.00 bits per heavy atom. The first kappa shape index (κ1) is 25.7. The molecule has 37 heavy (non-hydrogen) atoms. The molecule has 1 aliphatic heterocycles. The standard InChI is InChI=1S/C20H12N3.C11H9N2.Ir/c1-14-10-11-23-20(19(14)16-6-4-3-5-7-16)17-12-15(13-21)8-9-18(17)22-2;1-2-4-10-9(3-1)5-7-13-8-6-12-11(10)13;/h3-11H,1H3;1-3,6,8H,5,7H2;/q2*-1;. The zero-order chi connectivity index (χ0) is 24.9. The van der Waals surface area contributed by atoms with E-state index in [0.717, 1.165) is 35.5 Å². The molecule has 5 aromatic rings. The summed E-state index contributed by atoms with van der Waals surface area (Å²) in [7, 11) is 0. The summed E-state index contributed by atoms with van der Waals surface area (Å²) >= 11 is 0. The number of fused-ring (bicyclic) bond motifs is 3. The number of aryl methyl sites for hydroxylation is 3. The van der Waals surface area contributed by atoms with E-state index in [1.807, 2.05) is 67.8 Å². The number of nitrogens with zero attached hydrogens (tertiary/aromatic N) is 5. The molecule has 0 atom stereocenters. The fourth-order valence-electron chi connectivity index (χ4n) is 4.39. The van der Waals surface area contributed by atoms with Gasteiger partial charge in [0.1, 0.15) is 6.57 Å². The molecule has 0 fully saturated rings. The van der Waals surface area contributed by atoms with Crippen molar-refractivity contribution in [2.45, 2.75) is 19.9 Å². The Morgan fingerprint density at radius 3 is 2.62 bits per heavy atom. The van der Waals surface area contributed by atoms with Crippen LogP contribution in [0.5, 0.6) is 0 Å². The van der Waals surface area contributed by atoms with Gasteiger partial charge < -0.3 is 4.57 Å². The fourth-order valence-corrected chi connectivity index (χ4v) is 4.39. The minimum absolute atomic E-state index is 0. The molecular formula is C31H21IrN5-2. The third kappa shape index (κ3) is 5.27. The molecule has 2 aromatic heterocycles. The van der Waals surface area contributed by atoms with Crippen molar-refractivity contribution in [2.24, 2.45) is 0 Å². The van der Waals surface area contributed by atoms with Crippen molar-refractivity contribution in [3.8, 4) is 39.8 Å². The Labute approximate surface area is 230 Å². The smallest absolute Gasteiger partial charge is 0.253 e. The van der Waals surface area contributed by atoms with Crippen molar-refractivity contribution in [1.82, 2.24) is 14.5 Å². The van der Waals surface area contributed by atoms with Crippen LogP contribution in [0, 0.1) is 37.0 Å². The van der Waals surface area contributed by atoms with Gasteiger partial charge in [-0.15, -0.1) is 41.5 Å². The Kier molecular flexibility index (Phi) is 8.06. The number of hydrogen-bond acceptors (Lipinski definition) is 3. The molecule has 0 N–H and O–H groups in total. The molecule has 0 bridgehead atoms. The largest absolute Gasteiger partial charge is 0.371 e. The average Bonchev–Trinajstić information content (AvgIpc) is 3.43. The molecule has 6 rings (SSSR count). The number of imidazole rings is 1. The minimum Gasteiger partial charge on any atom is -0.371 e. The summed E-state index contributed by atoms with van der Waals surface area (Å²) in [6, 6.07) is 29.6. The van der Waals surface area contributed by atoms with Gasteiger partial charge in [0.2, 0.25) is 0 Å². The molecule has 3 heterocycles. The molecule has 0 spiro atoms. The first-order valence-corrected chi connectivity index (χ1v) is 11.6. The number of pyridine rings is 1. The second-order valence-electron chi connectivity index (χ2n) is 8.34. The van der Waals surface area contributed by atoms with Gasteiger partial charge in [0.15, 0.2) is 0 Å². The first-order chi connectivity index (χ1) is 17.7. The van der Waals surface area contributed by atoms with E-state index in [1.54, 1.807) is 18.3 Å². The molecule has 0 amide bonds. The van der Waals surface area contributed by atoms with E-state index in [4.69, 9.17) is 11.8 Å². The number of nitriles is 1. The van der Waals surface area contributed by atoms with E-state index >= 15 is 0 Å². The quantitative estimate of drug-likeness (QED) is 0.196. The van der Waals surface area contributed by atoms with Crippen LogP contribution in [-0.4, -0.2) is 14.5 Å². The topological polar surface area (TPSA) is 58.9 Å². The van der Waals surface area contributed by atoms with Crippen LogP contribution >= 0.6 is 0 Å². The summed E-state index contributed by atoms with van der Waals surface area (Å²) < 4.78 is 2.18. The molecule has 0 aliphatic carbocycles. The third-order valence-corrected chi connectivity index (χ3v) is 6.13. The molecule has 0 saturated heterocycles. The first-order valence-electron chi connectivity index (χ1n) is 11.6. The average molecular weight is 656 g/mol. The number of rotatable bonds is 2. The Hall–Kier alpha value is -4.35. The molecular weight excluding hydrogens is 635 g/mol. The molecule has 5 nitrogen and oxygen atoms in total. The van der Waals surface area contributed by atoms with Crippen LogP contribution in [0.15, 0.2) is 85.3 Å². The van der Waals surface area contributed by atoms with Crippen molar-refractivity contribution < 1.29 is 20.1 Å². The predicted molar refractivity (Wildman–Crippen MR) is 140 cm³/mol. The van der Waals surface area contributed by atoms with Gasteiger partial charge in [-0.1, -0.05) is 42.0 Å². The summed E-state index contributed by atoms with van der Waals surface area (Å²) in [6.07, 6.45) is 6.69. The molecule has 0 saturated carbocycles. The predicted octanol–water partition coefficient (Wildman–Crippen LogP) is 6.85. The molecule has 181 valence electrons. The normalized spacial score (nSPS) is 10.9. The van der Waals surface area contributed by atoms with Gasteiger partial charge in [0, 0.05) is 50.9 Å². The van der Waals surface area contributed by atoms with Gasteiger partial charge in [0.25, 0.3) is 5.69 Å². The molecule has 1 radical (unpaired) electrons. The zero-order valence-corrected chi connectivity index (χ0v) is 22.5. The van der Waals surface area contributed by atoms with E-state index in [-0.39, 0.29) is 20.1 Å². The van der Waals surface area contributed by atoms with Crippen LogP contribution in [0.2, 0.25) is 0 Å². The van der Waals surface area contributed by atoms with Crippen LogP contribution in [0.3, 0.4) is 0 Å². The molecule has 1 aliphatic rings. The number of hydrogen-bond donors (Lipinski definition) is 0. The van der Waals surface area contributed by atoms with E-state index in [0.29, 0.717) is 22.5 Å². The molecule has 6 heteroatoms. The monoisotopic (exact) mass is 656 g/mol. The van der Waals surface area contributed by atoms with E-state index in [1.165, 1.54) is 11.1 Å². The van der Waals surface area contributed by atoms with Gasteiger partial charge in [-0.2, -0.15) is 4.85 Å². The fraction of sp³-hybridized carbons (Fsp3) is 0.0968. The third-order valence-electron chi connectivity index (χ3n) is 6.13. The van der Waals surface area contributed by atoms with Crippen LogP contribution in [0.25, 0.3) is 38.6 Å². The maximum Gasteiger partial charge on any atom is 0.253 e. The Morgan fingerprint density at radius 2 is 1.84 bits per heavy atom. The van der Waals surface area contributed by atoms with Gasteiger partial charge in [-0.3, -0.25) is 9.97 Å². The van der Waals surface area contributed by atoms with Crippen molar-refractivity contribution in [3.05, 3.63) is 126 Å². The van der Waals surface area contributed by atoms with Crippen molar-refractivity contribution >= 4 is 5.69 Å². The van der Waals surface area contributed by atoms with Gasteiger partial charge >= 0.3 is 0 Å². The SMILES string of the molecule is [C-]#[N+]c1ccc(C#N)[c-]c1-c1nccc(C)c1-c1ccccc1.[Ir].[c-]1cccc2c1-c1nccn1CC2. The Bertz CT molecular complexity index is 1620. The minimum atomic E-state index is 0. The molecule has 0 unspecified atom stereocenters. The second kappa shape index (κ2) is 11.6. The maximum atomic E-state index is 9.13. The van der Waals surface area contributed by atoms with E-state index in [2.05, 4.69) is 43.6 Å². The van der Waals surface area contributed by atoms with Gasteiger partial charge in [-0.25, -0.2) is 5.26 Å². The zero-order valence-electron chi connectivity index (χ0n) is 20.1. The summed E-state index contributed by atoms with van der Waals surface area (Å²) in [5, 5.41) is 9.13. The van der Waals surface area contributed by atoms with Crippen molar-refractivity contribution in [1.29, 1.82) is 5.26 Å². The number of aromatic nitrogens is 3. The van der Waals surface area contributed by atoms with Crippen LogP contribution < -0.4 is 0 Å². The number of benzene rings is 3. The van der Waals surface area contributed by atoms with Crippen molar-refractivity contribution in [2.75, 3.05) is 0 Å². The van der Waals surface area contributed by atoms with Crippen molar-refractivity contribution in [3.63, 3.8) is 0 Å². The van der Waals surface area contributed by atoms with Crippen LogP contribution in [0.4, 0.5) is 5.69 Å². The summed E-state index contributed by atoms with van der Waals surface area (Å²) in [5.74, 6) is 1.06. The van der Waals surface area contributed by atoms with Gasteiger partial charge in [0.05, 0.1) is 5.82 Å². The van der Waals surface area contributed by atoms with E-state index < -0.39 is 0 Å². The van der Waals surface area contributed by atoms with E-state index in [9.17, 15) is 0 Å². The maximum absolute atomic E-state index is 9.13. The second-order valence-corrected chi connectivity index (χ2v) is 8.34. The summed E-state index contributed by atoms with van der Waals surface area (Å²) in [6.45, 7) is 10.4. The molecule has 3 aromatic carbocycles.